The molecule has 3 aromatic heterocycles. The van der Waals surface area contributed by atoms with E-state index in [0.29, 0.717) is 33.0 Å². The fraction of sp³-hybridized carbons (Fsp3) is 0.118. The minimum Gasteiger partial charge on any atom is -0.331 e. The first kappa shape index (κ1) is 14.8. The van der Waals surface area contributed by atoms with Crippen molar-refractivity contribution in [3.63, 3.8) is 0 Å². The van der Waals surface area contributed by atoms with Gasteiger partial charge in [0.2, 0.25) is 0 Å². The molecule has 7 heteroatoms. The number of nitrogens with zero attached hydrogens (tertiary/aromatic N) is 3. The van der Waals surface area contributed by atoms with E-state index in [1.807, 2.05) is 20.0 Å². The van der Waals surface area contributed by atoms with E-state index in [9.17, 15) is 9.18 Å². The lowest BCUT2D eigenvalue weighted by Gasteiger charge is -2.05. The number of benzene rings is 1. The summed E-state index contributed by atoms with van der Waals surface area (Å²) in [6.45, 7) is 1.83. The minimum absolute atomic E-state index is 0.248. The van der Waals surface area contributed by atoms with Crippen molar-refractivity contribution in [2.75, 3.05) is 0 Å². The molecule has 120 valence electrons. The summed E-state index contributed by atoms with van der Waals surface area (Å²) in [4.78, 5) is 23.9. The van der Waals surface area contributed by atoms with Crippen molar-refractivity contribution in [2.24, 2.45) is 7.05 Å². The molecule has 0 saturated carbocycles. The number of rotatable bonds is 2. The summed E-state index contributed by atoms with van der Waals surface area (Å²) in [7, 11) is 1.82. The summed E-state index contributed by atoms with van der Waals surface area (Å²) in [5.41, 5.74) is 2.14. The number of aryl methyl sites for hydroxylation is 2. The Hall–Kier alpha value is -2.80. The van der Waals surface area contributed by atoms with E-state index in [1.54, 1.807) is 28.4 Å². The van der Waals surface area contributed by atoms with Gasteiger partial charge in [0.15, 0.2) is 11.6 Å². The third-order valence-electron chi connectivity index (χ3n) is 3.87. The van der Waals surface area contributed by atoms with Crippen LogP contribution in [0.3, 0.4) is 0 Å². The van der Waals surface area contributed by atoms with Gasteiger partial charge >= 0.3 is 0 Å². The van der Waals surface area contributed by atoms with Crippen molar-refractivity contribution in [3.8, 4) is 22.8 Å². The molecule has 0 spiro atoms. The molecule has 0 unspecified atom stereocenters. The van der Waals surface area contributed by atoms with Gasteiger partial charge in [-0.05, 0) is 18.6 Å². The lowest BCUT2D eigenvalue weighted by atomic mass is 10.1. The van der Waals surface area contributed by atoms with Crippen LogP contribution < -0.4 is 5.56 Å². The maximum Gasteiger partial charge on any atom is 0.269 e. The van der Waals surface area contributed by atoms with Crippen LogP contribution in [0.4, 0.5) is 4.39 Å². The molecule has 0 bridgehead atoms. The molecule has 3 heterocycles. The Morgan fingerprint density at radius 2 is 2.12 bits per heavy atom. The molecule has 24 heavy (non-hydrogen) atoms. The van der Waals surface area contributed by atoms with E-state index in [1.165, 1.54) is 17.4 Å². The molecule has 0 aliphatic carbocycles. The lowest BCUT2D eigenvalue weighted by Crippen LogP contribution is -2.09. The zero-order valence-electron chi connectivity index (χ0n) is 13.0. The summed E-state index contributed by atoms with van der Waals surface area (Å²) < 4.78 is 16.6. The fourth-order valence-electron chi connectivity index (χ4n) is 2.66. The van der Waals surface area contributed by atoms with Gasteiger partial charge in [0.1, 0.15) is 10.5 Å². The van der Waals surface area contributed by atoms with Crippen LogP contribution in [0.2, 0.25) is 0 Å². The minimum atomic E-state index is -0.324. The number of fused-ring (bicyclic) bond motifs is 1. The molecule has 0 amide bonds. The molecule has 0 aliphatic rings. The van der Waals surface area contributed by atoms with Gasteiger partial charge in [0.25, 0.3) is 5.56 Å². The topological polar surface area (TPSA) is 63.6 Å². The van der Waals surface area contributed by atoms with Crippen LogP contribution in [0.1, 0.15) is 5.56 Å². The average Bonchev–Trinajstić information content (AvgIpc) is 3.14. The highest BCUT2D eigenvalue weighted by atomic mass is 32.1. The van der Waals surface area contributed by atoms with Crippen LogP contribution in [0, 0.1) is 12.7 Å². The summed E-state index contributed by atoms with van der Waals surface area (Å²) in [5.74, 6) is 0.595. The zero-order chi connectivity index (χ0) is 16.8. The van der Waals surface area contributed by atoms with E-state index in [-0.39, 0.29) is 11.4 Å². The third kappa shape index (κ3) is 2.25. The van der Waals surface area contributed by atoms with Gasteiger partial charge in [-0.25, -0.2) is 14.4 Å². The van der Waals surface area contributed by atoms with E-state index >= 15 is 0 Å². The molecular weight excluding hydrogens is 327 g/mol. The van der Waals surface area contributed by atoms with Crippen LogP contribution in [0.25, 0.3) is 33.0 Å². The normalized spacial score (nSPS) is 11.3. The van der Waals surface area contributed by atoms with E-state index in [4.69, 9.17) is 0 Å². The lowest BCUT2D eigenvalue weighted by molar-refractivity contribution is 0.630. The molecule has 0 radical (unpaired) electrons. The van der Waals surface area contributed by atoms with Crippen LogP contribution in [-0.4, -0.2) is 19.5 Å². The first-order valence-electron chi connectivity index (χ1n) is 7.30. The second-order valence-corrected chi connectivity index (χ2v) is 6.47. The van der Waals surface area contributed by atoms with Gasteiger partial charge in [-0.2, -0.15) is 0 Å². The molecule has 0 aliphatic heterocycles. The standard InChI is InChI=1S/C17H13FN4OS/c1-9-3-4-10(12(18)7-9)11-8-24-14-13(11)20-15(21-17(14)23)16-19-5-6-22(16)2/h3-8H,1-2H3,(H,20,21,23). The monoisotopic (exact) mass is 340 g/mol. The van der Waals surface area contributed by atoms with Gasteiger partial charge in [0.05, 0.1) is 5.52 Å². The number of imidazole rings is 1. The Labute approximate surface area is 140 Å². The molecule has 5 nitrogen and oxygen atoms in total. The number of aromatic nitrogens is 4. The predicted molar refractivity (Wildman–Crippen MR) is 92.6 cm³/mol. The van der Waals surface area contributed by atoms with Gasteiger partial charge < -0.3 is 9.55 Å². The first-order valence-corrected chi connectivity index (χ1v) is 8.18. The molecule has 4 rings (SSSR count). The van der Waals surface area contributed by atoms with Crippen LogP contribution >= 0.6 is 11.3 Å². The van der Waals surface area contributed by atoms with E-state index in [0.717, 1.165) is 5.56 Å². The smallest absolute Gasteiger partial charge is 0.269 e. The second kappa shape index (κ2) is 5.38. The number of hydrogen-bond donors (Lipinski definition) is 1. The molecule has 4 aromatic rings. The Kier molecular flexibility index (Phi) is 3.31. The number of thiophene rings is 1. The number of H-pyrrole nitrogens is 1. The van der Waals surface area contributed by atoms with Gasteiger partial charge in [0, 0.05) is 35.9 Å². The fourth-order valence-corrected chi connectivity index (χ4v) is 3.56. The number of nitrogens with one attached hydrogen (secondary N) is 1. The van der Waals surface area contributed by atoms with Crippen LogP contribution in [0.15, 0.2) is 40.8 Å². The van der Waals surface area contributed by atoms with E-state index in [2.05, 4.69) is 15.0 Å². The quantitative estimate of drug-likeness (QED) is 0.607. The average molecular weight is 340 g/mol. The highest BCUT2D eigenvalue weighted by Crippen LogP contribution is 2.33. The van der Waals surface area contributed by atoms with Gasteiger partial charge in [-0.15, -0.1) is 11.3 Å². The van der Waals surface area contributed by atoms with E-state index < -0.39 is 0 Å². The third-order valence-corrected chi connectivity index (χ3v) is 4.84. The molecule has 1 aromatic carbocycles. The molecule has 0 saturated heterocycles. The first-order chi connectivity index (χ1) is 11.5. The highest BCUT2D eigenvalue weighted by molar-refractivity contribution is 7.17. The Morgan fingerprint density at radius 1 is 1.29 bits per heavy atom. The Morgan fingerprint density at radius 3 is 2.83 bits per heavy atom. The summed E-state index contributed by atoms with van der Waals surface area (Å²) in [6, 6.07) is 5.04. The van der Waals surface area contributed by atoms with Crippen molar-refractivity contribution in [1.82, 2.24) is 19.5 Å². The number of halogens is 1. The van der Waals surface area contributed by atoms with Gasteiger partial charge in [-0.3, -0.25) is 4.79 Å². The maximum atomic E-state index is 14.4. The van der Waals surface area contributed by atoms with Crippen molar-refractivity contribution >= 4 is 21.6 Å². The molecule has 0 fully saturated rings. The molecule has 1 N–H and O–H groups in total. The van der Waals surface area contributed by atoms with Crippen molar-refractivity contribution in [3.05, 3.63) is 57.7 Å². The van der Waals surface area contributed by atoms with Gasteiger partial charge in [-0.1, -0.05) is 12.1 Å². The Balaban J connectivity index is 2.00. The second-order valence-electron chi connectivity index (χ2n) is 5.59. The number of hydrogen-bond acceptors (Lipinski definition) is 4. The summed E-state index contributed by atoms with van der Waals surface area (Å²) in [5, 5.41) is 1.77. The predicted octanol–water partition coefficient (Wildman–Crippen LogP) is 3.50. The van der Waals surface area contributed by atoms with Crippen molar-refractivity contribution in [1.29, 1.82) is 0 Å². The number of aromatic amines is 1. The Bertz CT molecular complexity index is 1130. The maximum absolute atomic E-state index is 14.4. The summed E-state index contributed by atoms with van der Waals surface area (Å²) in [6.07, 6.45) is 3.40. The van der Waals surface area contributed by atoms with Crippen LogP contribution in [0.5, 0.6) is 0 Å². The largest absolute Gasteiger partial charge is 0.331 e. The van der Waals surface area contributed by atoms with Crippen LogP contribution in [-0.2, 0) is 7.05 Å². The summed E-state index contributed by atoms with van der Waals surface area (Å²) >= 11 is 1.26. The van der Waals surface area contributed by atoms with Crippen molar-refractivity contribution < 1.29 is 4.39 Å². The zero-order valence-corrected chi connectivity index (χ0v) is 13.8. The van der Waals surface area contributed by atoms with Crippen molar-refractivity contribution in [2.45, 2.75) is 6.92 Å². The molecule has 0 atom stereocenters. The molecular formula is C17H13FN4OS. The SMILES string of the molecule is Cc1ccc(-c2csc3c(=O)[nH]c(-c4nccn4C)nc23)c(F)c1. The highest BCUT2D eigenvalue weighted by Gasteiger charge is 2.17.